The molecule has 0 aliphatic heterocycles. The van der Waals surface area contributed by atoms with Crippen LogP contribution >= 0.6 is 0 Å². The Hall–Kier alpha value is -6.91. The third kappa shape index (κ3) is 4.96. The predicted octanol–water partition coefficient (Wildman–Crippen LogP) is 12.4. The lowest BCUT2D eigenvalue weighted by Gasteiger charge is -2.15. The molecule has 0 amide bonds. The summed E-state index contributed by atoms with van der Waals surface area (Å²) in [6.07, 6.45) is 0. The lowest BCUT2D eigenvalue weighted by Crippen LogP contribution is -2.01. The van der Waals surface area contributed by atoms with Gasteiger partial charge in [0.25, 0.3) is 0 Å². The molecule has 0 saturated carbocycles. The Bertz CT molecular complexity index is 2900. The Morgan fingerprint density at radius 2 is 0.843 bits per heavy atom. The van der Waals surface area contributed by atoms with Crippen LogP contribution in [0.2, 0.25) is 0 Å². The van der Waals surface area contributed by atoms with Crippen LogP contribution in [-0.4, -0.2) is 15.0 Å². The summed E-state index contributed by atoms with van der Waals surface area (Å²) >= 11 is 0. The molecule has 2 heterocycles. The first-order valence-corrected chi connectivity index (χ1v) is 17.1. The average molecular weight is 652 g/mol. The maximum atomic E-state index is 6.18. The molecule has 0 aliphatic carbocycles. The molecule has 4 nitrogen and oxygen atoms in total. The average Bonchev–Trinajstić information content (AvgIpc) is 3.60. The largest absolute Gasteiger partial charge is 0.456 e. The molecular formula is C47H29N3O. The Labute approximate surface area is 294 Å². The Morgan fingerprint density at radius 3 is 1.63 bits per heavy atom. The summed E-state index contributed by atoms with van der Waals surface area (Å²) in [6.45, 7) is 0. The van der Waals surface area contributed by atoms with Crippen LogP contribution in [0.5, 0.6) is 0 Å². The van der Waals surface area contributed by atoms with Gasteiger partial charge in [0.05, 0.1) is 0 Å². The molecule has 0 saturated heterocycles. The zero-order chi connectivity index (χ0) is 33.7. The van der Waals surface area contributed by atoms with Crippen LogP contribution in [0.3, 0.4) is 0 Å². The number of para-hydroxylation sites is 1. The number of hydrogen-bond acceptors (Lipinski definition) is 4. The van der Waals surface area contributed by atoms with E-state index in [1.807, 2.05) is 48.5 Å². The van der Waals surface area contributed by atoms with Gasteiger partial charge in [-0.3, -0.25) is 0 Å². The normalized spacial score (nSPS) is 11.5. The molecule has 0 fully saturated rings. The third-order valence-corrected chi connectivity index (χ3v) is 9.75. The maximum Gasteiger partial charge on any atom is 0.164 e. The van der Waals surface area contributed by atoms with E-state index in [0.29, 0.717) is 17.5 Å². The third-order valence-electron chi connectivity index (χ3n) is 9.75. The SMILES string of the molecule is c1ccc(-c2nc(-c3ccc(-c4cccc5oc6ccccc6c45)cc3)nc(-c3ccc(-c4ccccc4)c4c3ccc3ccccc34)n2)cc1. The molecule has 8 aromatic carbocycles. The molecule has 10 aromatic rings. The van der Waals surface area contributed by atoms with E-state index in [-0.39, 0.29) is 0 Å². The van der Waals surface area contributed by atoms with Gasteiger partial charge in [0, 0.05) is 27.5 Å². The maximum absolute atomic E-state index is 6.18. The Morgan fingerprint density at radius 1 is 0.294 bits per heavy atom. The van der Waals surface area contributed by atoms with Gasteiger partial charge in [-0.2, -0.15) is 0 Å². The van der Waals surface area contributed by atoms with E-state index in [2.05, 4.69) is 127 Å². The zero-order valence-corrected chi connectivity index (χ0v) is 27.5. The fourth-order valence-corrected chi connectivity index (χ4v) is 7.34. The first-order chi connectivity index (χ1) is 25.3. The molecule has 51 heavy (non-hydrogen) atoms. The summed E-state index contributed by atoms with van der Waals surface area (Å²) < 4.78 is 6.18. The van der Waals surface area contributed by atoms with Crippen molar-refractivity contribution in [1.29, 1.82) is 0 Å². The number of furan rings is 1. The van der Waals surface area contributed by atoms with Crippen LogP contribution in [0.1, 0.15) is 0 Å². The van der Waals surface area contributed by atoms with E-state index in [9.17, 15) is 0 Å². The van der Waals surface area contributed by atoms with Crippen LogP contribution < -0.4 is 0 Å². The number of fused-ring (bicyclic) bond motifs is 6. The minimum atomic E-state index is 0.624. The number of rotatable bonds is 5. The molecule has 2 aromatic heterocycles. The van der Waals surface area contributed by atoms with E-state index in [1.54, 1.807) is 0 Å². The van der Waals surface area contributed by atoms with Gasteiger partial charge in [-0.05, 0) is 62.0 Å². The van der Waals surface area contributed by atoms with E-state index in [4.69, 9.17) is 19.4 Å². The van der Waals surface area contributed by atoms with Crippen molar-refractivity contribution in [3.63, 3.8) is 0 Å². The number of aromatic nitrogens is 3. The lowest BCUT2D eigenvalue weighted by atomic mass is 9.91. The van der Waals surface area contributed by atoms with Gasteiger partial charge in [-0.1, -0.05) is 158 Å². The fraction of sp³-hybridized carbons (Fsp3) is 0. The highest BCUT2D eigenvalue weighted by Crippen LogP contribution is 2.40. The van der Waals surface area contributed by atoms with Crippen molar-refractivity contribution in [2.75, 3.05) is 0 Å². The summed E-state index contributed by atoms with van der Waals surface area (Å²) in [5.74, 6) is 1.89. The van der Waals surface area contributed by atoms with Crippen molar-refractivity contribution in [2.24, 2.45) is 0 Å². The van der Waals surface area contributed by atoms with Crippen molar-refractivity contribution in [3.8, 4) is 56.4 Å². The molecule has 0 unspecified atom stereocenters. The summed E-state index contributed by atoms with van der Waals surface area (Å²) in [5, 5.41) is 6.91. The van der Waals surface area contributed by atoms with E-state index >= 15 is 0 Å². The predicted molar refractivity (Wildman–Crippen MR) is 209 cm³/mol. The second-order valence-corrected chi connectivity index (χ2v) is 12.8. The lowest BCUT2D eigenvalue weighted by molar-refractivity contribution is 0.669. The fourth-order valence-electron chi connectivity index (χ4n) is 7.34. The van der Waals surface area contributed by atoms with Gasteiger partial charge in [-0.15, -0.1) is 0 Å². The highest BCUT2D eigenvalue weighted by atomic mass is 16.3. The first kappa shape index (κ1) is 29.0. The number of hydrogen-bond donors (Lipinski definition) is 0. The zero-order valence-electron chi connectivity index (χ0n) is 27.5. The molecule has 238 valence electrons. The van der Waals surface area contributed by atoms with Gasteiger partial charge >= 0.3 is 0 Å². The van der Waals surface area contributed by atoms with E-state index in [1.165, 1.54) is 27.3 Å². The number of benzene rings is 8. The quantitative estimate of drug-likeness (QED) is 0.174. The minimum absolute atomic E-state index is 0.624. The summed E-state index contributed by atoms with van der Waals surface area (Å²) in [5.41, 5.74) is 9.17. The van der Waals surface area contributed by atoms with Crippen LogP contribution in [0.4, 0.5) is 0 Å². The van der Waals surface area contributed by atoms with Crippen molar-refractivity contribution in [1.82, 2.24) is 15.0 Å². The molecule has 0 N–H and O–H groups in total. The van der Waals surface area contributed by atoms with Crippen molar-refractivity contribution < 1.29 is 4.42 Å². The Balaban J connectivity index is 1.16. The summed E-state index contributed by atoms with van der Waals surface area (Å²) in [7, 11) is 0. The second kappa shape index (κ2) is 11.9. The topological polar surface area (TPSA) is 51.8 Å². The molecular weight excluding hydrogens is 623 g/mol. The van der Waals surface area contributed by atoms with Crippen molar-refractivity contribution in [3.05, 3.63) is 176 Å². The monoisotopic (exact) mass is 651 g/mol. The summed E-state index contributed by atoms with van der Waals surface area (Å²) in [4.78, 5) is 15.3. The van der Waals surface area contributed by atoms with Crippen LogP contribution in [0, 0.1) is 0 Å². The van der Waals surface area contributed by atoms with Gasteiger partial charge in [-0.25, -0.2) is 15.0 Å². The smallest absolute Gasteiger partial charge is 0.164 e. The second-order valence-electron chi connectivity index (χ2n) is 12.8. The van der Waals surface area contributed by atoms with Gasteiger partial charge in [0.2, 0.25) is 0 Å². The van der Waals surface area contributed by atoms with Gasteiger partial charge in [0.1, 0.15) is 11.2 Å². The first-order valence-electron chi connectivity index (χ1n) is 17.1. The minimum Gasteiger partial charge on any atom is -0.456 e. The highest BCUT2D eigenvalue weighted by molar-refractivity contribution is 6.18. The Kier molecular flexibility index (Phi) is 6.78. The van der Waals surface area contributed by atoms with Gasteiger partial charge < -0.3 is 4.42 Å². The highest BCUT2D eigenvalue weighted by Gasteiger charge is 2.18. The molecule has 0 radical (unpaired) electrons. The molecule has 10 rings (SSSR count). The van der Waals surface area contributed by atoms with Crippen molar-refractivity contribution in [2.45, 2.75) is 0 Å². The van der Waals surface area contributed by atoms with E-state index in [0.717, 1.165) is 55.1 Å². The van der Waals surface area contributed by atoms with Crippen molar-refractivity contribution >= 4 is 43.5 Å². The molecule has 0 spiro atoms. The van der Waals surface area contributed by atoms with E-state index < -0.39 is 0 Å². The summed E-state index contributed by atoms with van der Waals surface area (Å²) in [6, 6.07) is 61.0. The van der Waals surface area contributed by atoms with Crippen LogP contribution in [0.25, 0.3) is 99.9 Å². The number of nitrogens with zero attached hydrogens (tertiary/aromatic N) is 3. The molecule has 0 aliphatic rings. The standard InChI is InChI=1S/C47H29N3O/c1-3-12-30(13-4-1)37-28-29-39(38-27-26-31-14-7-8-17-35(31)43(37)38)47-49-45(33-15-5-2-6-16-33)48-46(50-47)34-24-22-32(23-25-34)36-19-11-21-42-44(36)40-18-9-10-20-41(40)51-42/h1-29H. The van der Waals surface area contributed by atoms with Crippen LogP contribution in [0.15, 0.2) is 180 Å². The molecule has 0 atom stereocenters. The molecule has 0 bridgehead atoms. The van der Waals surface area contributed by atoms with Gasteiger partial charge in [0.15, 0.2) is 17.5 Å². The van der Waals surface area contributed by atoms with Crippen LogP contribution in [-0.2, 0) is 0 Å². The molecule has 4 heteroatoms.